The van der Waals surface area contributed by atoms with Crippen LogP contribution in [0.15, 0.2) is 30.3 Å². The lowest BCUT2D eigenvalue weighted by Gasteiger charge is -2.27. The second kappa shape index (κ2) is 7.15. The number of anilines is 2. The maximum absolute atomic E-state index is 12.2. The van der Waals surface area contributed by atoms with Gasteiger partial charge in [0.1, 0.15) is 0 Å². The van der Waals surface area contributed by atoms with Gasteiger partial charge < -0.3 is 10.2 Å². The average molecular weight is 351 g/mol. The van der Waals surface area contributed by atoms with E-state index in [4.69, 9.17) is 23.2 Å². The first-order valence-electron chi connectivity index (χ1n) is 7.48. The van der Waals surface area contributed by atoms with E-state index >= 15 is 0 Å². The van der Waals surface area contributed by atoms with Crippen LogP contribution in [0.5, 0.6) is 0 Å². The first-order valence-corrected chi connectivity index (χ1v) is 8.24. The Morgan fingerprint density at radius 1 is 1.00 bits per heavy atom. The second-order valence-electron chi connectivity index (χ2n) is 5.41. The molecule has 3 rings (SSSR count). The highest BCUT2D eigenvalue weighted by molar-refractivity contribution is 6.42. The van der Waals surface area contributed by atoms with Crippen molar-refractivity contribution in [2.24, 2.45) is 0 Å². The molecule has 2 heterocycles. The van der Waals surface area contributed by atoms with Gasteiger partial charge in [-0.1, -0.05) is 23.2 Å². The number of amides is 1. The second-order valence-corrected chi connectivity index (χ2v) is 6.22. The molecule has 0 radical (unpaired) electrons. The Balaban J connectivity index is 1.67. The molecule has 0 spiro atoms. The van der Waals surface area contributed by atoms with Crippen molar-refractivity contribution in [2.45, 2.75) is 19.3 Å². The molecular formula is C16H16Cl2N4O. The van der Waals surface area contributed by atoms with Gasteiger partial charge in [0.25, 0.3) is 5.91 Å². The van der Waals surface area contributed by atoms with Crippen LogP contribution in [-0.4, -0.2) is 29.2 Å². The number of carbonyl (C=O) groups excluding carboxylic acids is 1. The van der Waals surface area contributed by atoms with Crippen LogP contribution < -0.4 is 10.2 Å². The average Bonchev–Trinajstić information content (AvgIpc) is 2.59. The van der Waals surface area contributed by atoms with Crippen LogP contribution >= 0.6 is 23.2 Å². The van der Waals surface area contributed by atoms with Crippen molar-refractivity contribution in [3.05, 3.63) is 45.9 Å². The van der Waals surface area contributed by atoms with Gasteiger partial charge in [-0.15, -0.1) is 10.2 Å². The van der Waals surface area contributed by atoms with Gasteiger partial charge in [0.05, 0.1) is 10.0 Å². The Bertz CT molecular complexity index is 700. The Hall–Kier alpha value is -1.85. The normalized spacial score (nSPS) is 14.6. The van der Waals surface area contributed by atoms with Crippen molar-refractivity contribution >= 4 is 40.7 Å². The molecule has 5 nitrogen and oxygen atoms in total. The molecule has 0 bridgehead atoms. The summed E-state index contributed by atoms with van der Waals surface area (Å²) in [7, 11) is 0. The van der Waals surface area contributed by atoms with E-state index in [1.165, 1.54) is 25.3 Å². The van der Waals surface area contributed by atoms with E-state index in [-0.39, 0.29) is 5.91 Å². The van der Waals surface area contributed by atoms with E-state index in [1.54, 1.807) is 18.2 Å². The standard InChI is InChI=1S/C16H16Cl2N4O/c17-12-5-4-11(10-13(12)18)16(23)19-14-6-7-15(21-20-14)22-8-2-1-3-9-22/h4-7,10H,1-3,8-9H2,(H,19,20,23). The van der Waals surface area contributed by atoms with Crippen molar-refractivity contribution in [1.29, 1.82) is 0 Å². The van der Waals surface area contributed by atoms with Gasteiger partial charge in [-0.05, 0) is 49.6 Å². The molecule has 1 aromatic carbocycles. The number of nitrogens with one attached hydrogen (secondary N) is 1. The largest absolute Gasteiger partial charge is 0.355 e. The van der Waals surface area contributed by atoms with E-state index in [0.29, 0.717) is 21.4 Å². The fourth-order valence-corrected chi connectivity index (χ4v) is 2.81. The van der Waals surface area contributed by atoms with Gasteiger partial charge in [-0.3, -0.25) is 4.79 Å². The summed E-state index contributed by atoms with van der Waals surface area (Å²) in [5.41, 5.74) is 0.418. The fourth-order valence-electron chi connectivity index (χ4n) is 2.51. The number of piperidine rings is 1. The molecule has 23 heavy (non-hydrogen) atoms. The highest BCUT2D eigenvalue weighted by Gasteiger charge is 2.13. The molecule has 1 amide bonds. The number of carbonyl (C=O) groups is 1. The number of hydrogen-bond donors (Lipinski definition) is 1. The van der Waals surface area contributed by atoms with Crippen molar-refractivity contribution in [2.75, 3.05) is 23.3 Å². The van der Waals surface area contributed by atoms with Gasteiger partial charge in [-0.25, -0.2) is 0 Å². The molecule has 1 fully saturated rings. The maximum Gasteiger partial charge on any atom is 0.256 e. The maximum atomic E-state index is 12.2. The van der Waals surface area contributed by atoms with Crippen molar-refractivity contribution < 1.29 is 4.79 Å². The molecule has 0 aliphatic carbocycles. The smallest absolute Gasteiger partial charge is 0.256 e. The Morgan fingerprint density at radius 3 is 2.43 bits per heavy atom. The molecule has 120 valence electrons. The minimum Gasteiger partial charge on any atom is -0.355 e. The van der Waals surface area contributed by atoms with Crippen LogP contribution in [0.4, 0.5) is 11.6 Å². The van der Waals surface area contributed by atoms with Crippen LogP contribution in [0, 0.1) is 0 Å². The van der Waals surface area contributed by atoms with Crippen LogP contribution in [0.25, 0.3) is 0 Å². The predicted molar refractivity (Wildman–Crippen MR) is 92.5 cm³/mol. The monoisotopic (exact) mass is 350 g/mol. The summed E-state index contributed by atoms with van der Waals surface area (Å²) in [6.45, 7) is 2.01. The van der Waals surface area contributed by atoms with Crippen LogP contribution in [0.3, 0.4) is 0 Å². The summed E-state index contributed by atoms with van der Waals surface area (Å²) in [6.07, 6.45) is 3.62. The first-order chi connectivity index (χ1) is 11.1. The molecular weight excluding hydrogens is 335 g/mol. The molecule has 1 saturated heterocycles. The van der Waals surface area contributed by atoms with Crippen LogP contribution in [0.2, 0.25) is 10.0 Å². The highest BCUT2D eigenvalue weighted by Crippen LogP contribution is 2.23. The van der Waals surface area contributed by atoms with E-state index in [1.807, 2.05) is 6.07 Å². The minimum atomic E-state index is -0.302. The number of rotatable bonds is 3. The highest BCUT2D eigenvalue weighted by atomic mass is 35.5. The number of nitrogens with zero attached hydrogens (tertiary/aromatic N) is 3. The summed E-state index contributed by atoms with van der Waals surface area (Å²) >= 11 is 11.8. The zero-order valence-corrected chi connectivity index (χ0v) is 13.9. The van der Waals surface area contributed by atoms with E-state index in [2.05, 4.69) is 20.4 Å². The molecule has 0 unspecified atom stereocenters. The SMILES string of the molecule is O=C(Nc1ccc(N2CCCCC2)nn1)c1ccc(Cl)c(Cl)c1. The number of benzene rings is 1. The van der Waals surface area contributed by atoms with E-state index in [9.17, 15) is 4.79 Å². The summed E-state index contributed by atoms with van der Waals surface area (Å²) in [5, 5.41) is 11.7. The quantitative estimate of drug-likeness (QED) is 0.907. The number of aromatic nitrogens is 2. The van der Waals surface area contributed by atoms with Crippen LogP contribution in [0.1, 0.15) is 29.6 Å². The summed E-state index contributed by atoms with van der Waals surface area (Å²) in [4.78, 5) is 14.4. The van der Waals surface area contributed by atoms with Gasteiger partial charge >= 0.3 is 0 Å². The number of halogens is 2. The lowest BCUT2D eigenvalue weighted by molar-refractivity contribution is 0.102. The summed E-state index contributed by atoms with van der Waals surface area (Å²) in [5.74, 6) is 0.947. The molecule has 0 saturated carbocycles. The summed E-state index contributed by atoms with van der Waals surface area (Å²) in [6, 6.07) is 8.35. The molecule has 1 aromatic heterocycles. The topological polar surface area (TPSA) is 58.1 Å². The van der Waals surface area contributed by atoms with Crippen molar-refractivity contribution in [3.63, 3.8) is 0 Å². The molecule has 1 aliphatic heterocycles. The third-order valence-electron chi connectivity index (χ3n) is 3.75. The van der Waals surface area contributed by atoms with Crippen molar-refractivity contribution in [3.8, 4) is 0 Å². The van der Waals surface area contributed by atoms with Gasteiger partial charge in [0.2, 0.25) is 0 Å². The lowest BCUT2D eigenvalue weighted by atomic mass is 10.1. The third-order valence-corrected chi connectivity index (χ3v) is 4.49. The van der Waals surface area contributed by atoms with Gasteiger partial charge in [0, 0.05) is 18.7 Å². The van der Waals surface area contributed by atoms with E-state index in [0.717, 1.165) is 18.9 Å². The van der Waals surface area contributed by atoms with Gasteiger partial charge in [0.15, 0.2) is 11.6 Å². The van der Waals surface area contributed by atoms with E-state index < -0.39 is 0 Å². The summed E-state index contributed by atoms with van der Waals surface area (Å²) < 4.78 is 0. The molecule has 1 aliphatic rings. The predicted octanol–water partition coefficient (Wildman–Crippen LogP) is 4.03. The van der Waals surface area contributed by atoms with Gasteiger partial charge in [-0.2, -0.15) is 0 Å². The lowest BCUT2D eigenvalue weighted by Crippen LogP contribution is -2.30. The Kier molecular flexibility index (Phi) is 4.98. The van der Waals surface area contributed by atoms with Crippen molar-refractivity contribution in [1.82, 2.24) is 10.2 Å². The Morgan fingerprint density at radius 2 is 1.78 bits per heavy atom. The molecule has 1 N–H and O–H groups in total. The fraction of sp³-hybridized carbons (Fsp3) is 0.312. The molecule has 2 aromatic rings. The third kappa shape index (κ3) is 3.92. The zero-order valence-electron chi connectivity index (χ0n) is 12.4. The number of hydrogen-bond acceptors (Lipinski definition) is 4. The minimum absolute atomic E-state index is 0.302. The Labute approximate surface area is 144 Å². The first kappa shape index (κ1) is 16.0. The molecule has 0 atom stereocenters. The van der Waals surface area contributed by atoms with Crippen LogP contribution in [-0.2, 0) is 0 Å². The molecule has 7 heteroatoms. The zero-order chi connectivity index (χ0) is 16.2.